The highest BCUT2D eigenvalue weighted by atomic mass is 35.5. The van der Waals surface area contributed by atoms with Gasteiger partial charge in [0.15, 0.2) is 0 Å². The van der Waals surface area contributed by atoms with E-state index in [1.54, 1.807) is 12.1 Å². The first kappa shape index (κ1) is 19.5. The third-order valence-corrected chi connectivity index (χ3v) is 4.59. The van der Waals surface area contributed by atoms with E-state index in [1.807, 2.05) is 68.4 Å². The Morgan fingerprint density at radius 2 is 1.82 bits per heavy atom. The average molecular weight is 391 g/mol. The number of rotatable bonds is 5. The summed E-state index contributed by atoms with van der Waals surface area (Å²) < 4.78 is 5.98. The molecular formula is C23H19ClN2O2. The largest absolute Gasteiger partial charge is 0.474 e. The third-order valence-electron chi connectivity index (χ3n) is 4.30. The molecule has 0 aliphatic rings. The van der Waals surface area contributed by atoms with Gasteiger partial charge in [-0.3, -0.25) is 4.79 Å². The number of nitrogens with one attached hydrogen (secondary N) is 1. The molecule has 3 aromatic carbocycles. The lowest BCUT2D eigenvalue weighted by Crippen LogP contribution is -2.26. The fraction of sp³-hybridized carbons (Fsp3) is 0.130. The second-order valence-electron chi connectivity index (χ2n) is 6.47. The predicted molar refractivity (Wildman–Crippen MR) is 111 cm³/mol. The van der Waals surface area contributed by atoms with E-state index < -0.39 is 6.10 Å². The maximum atomic E-state index is 13.1. The maximum absolute atomic E-state index is 13.1. The maximum Gasteiger partial charge on any atom is 0.270 e. The SMILES string of the molecule is Cc1ccc(C)c(NC(=O)[C@@H](Oc2ccc(C#N)cc2Cl)c2ccccc2)c1. The second kappa shape index (κ2) is 8.60. The minimum atomic E-state index is -0.897. The van der Waals surface area contributed by atoms with Crippen molar-refractivity contribution in [2.24, 2.45) is 0 Å². The summed E-state index contributed by atoms with van der Waals surface area (Å²) in [5, 5.41) is 12.2. The van der Waals surface area contributed by atoms with Gasteiger partial charge in [-0.2, -0.15) is 5.26 Å². The lowest BCUT2D eigenvalue weighted by atomic mass is 10.1. The van der Waals surface area contributed by atoms with Crippen LogP contribution in [-0.2, 0) is 4.79 Å². The summed E-state index contributed by atoms with van der Waals surface area (Å²) in [7, 11) is 0. The van der Waals surface area contributed by atoms with Gasteiger partial charge in [0, 0.05) is 11.3 Å². The van der Waals surface area contributed by atoms with Gasteiger partial charge in [0.25, 0.3) is 5.91 Å². The summed E-state index contributed by atoms with van der Waals surface area (Å²) >= 11 is 6.24. The number of hydrogen-bond donors (Lipinski definition) is 1. The lowest BCUT2D eigenvalue weighted by molar-refractivity contribution is -0.123. The van der Waals surface area contributed by atoms with Crippen LogP contribution in [0.4, 0.5) is 5.69 Å². The van der Waals surface area contributed by atoms with Crippen molar-refractivity contribution in [1.82, 2.24) is 0 Å². The van der Waals surface area contributed by atoms with Crippen LogP contribution in [0, 0.1) is 25.2 Å². The van der Waals surface area contributed by atoms with Gasteiger partial charge in [0.05, 0.1) is 16.7 Å². The van der Waals surface area contributed by atoms with Gasteiger partial charge < -0.3 is 10.1 Å². The van der Waals surface area contributed by atoms with Crippen molar-refractivity contribution in [3.05, 3.63) is 94.0 Å². The summed E-state index contributed by atoms with van der Waals surface area (Å²) in [6.45, 7) is 3.90. The Kier molecular flexibility index (Phi) is 5.98. The van der Waals surface area contributed by atoms with Crippen LogP contribution in [0.3, 0.4) is 0 Å². The smallest absolute Gasteiger partial charge is 0.270 e. The summed E-state index contributed by atoms with van der Waals surface area (Å²) in [6, 6.07) is 21.8. The Balaban J connectivity index is 1.92. The third kappa shape index (κ3) is 4.51. The molecule has 5 heteroatoms. The van der Waals surface area contributed by atoms with E-state index in [0.29, 0.717) is 16.9 Å². The number of aryl methyl sites for hydroxylation is 2. The summed E-state index contributed by atoms with van der Waals surface area (Å²) in [6.07, 6.45) is -0.897. The van der Waals surface area contributed by atoms with E-state index in [0.717, 1.165) is 16.8 Å². The van der Waals surface area contributed by atoms with Crippen molar-refractivity contribution in [2.75, 3.05) is 5.32 Å². The zero-order valence-corrected chi connectivity index (χ0v) is 16.3. The number of benzene rings is 3. The lowest BCUT2D eigenvalue weighted by Gasteiger charge is -2.20. The highest BCUT2D eigenvalue weighted by Gasteiger charge is 2.24. The first-order chi connectivity index (χ1) is 13.5. The van der Waals surface area contributed by atoms with Crippen molar-refractivity contribution in [3.8, 4) is 11.8 Å². The first-order valence-corrected chi connectivity index (χ1v) is 9.15. The van der Waals surface area contributed by atoms with E-state index in [1.165, 1.54) is 6.07 Å². The molecule has 28 heavy (non-hydrogen) atoms. The number of halogens is 1. The quantitative estimate of drug-likeness (QED) is 0.617. The summed E-state index contributed by atoms with van der Waals surface area (Å²) in [5.74, 6) is 0.0333. The van der Waals surface area contributed by atoms with Crippen LogP contribution in [0.5, 0.6) is 5.75 Å². The van der Waals surface area contributed by atoms with Crippen LogP contribution in [0.2, 0.25) is 5.02 Å². The molecule has 4 nitrogen and oxygen atoms in total. The molecule has 0 saturated heterocycles. The molecule has 0 aliphatic carbocycles. The number of amides is 1. The van der Waals surface area contributed by atoms with E-state index in [9.17, 15) is 4.79 Å². The molecule has 0 fully saturated rings. The number of anilines is 1. The van der Waals surface area contributed by atoms with Gasteiger partial charge >= 0.3 is 0 Å². The molecule has 0 bridgehead atoms. The number of nitrogens with zero attached hydrogens (tertiary/aromatic N) is 1. The Labute approximate surface area is 169 Å². The predicted octanol–water partition coefficient (Wildman–Crippen LogP) is 5.59. The molecule has 1 amide bonds. The second-order valence-corrected chi connectivity index (χ2v) is 6.88. The van der Waals surface area contributed by atoms with E-state index in [-0.39, 0.29) is 10.9 Å². The fourth-order valence-electron chi connectivity index (χ4n) is 2.76. The normalized spacial score (nSPS) is 11.4. The monoisotopic (exact) mass is 390 g/mol. The van der Waals surface area contributed by atoms with E-state index in [4.69, 9.17) is 21.6 Å². The molecule has 3 rings (SSSR count). The van der Waals surface area contributed by atoms with Crippen molar-refractivity contribution >= 4 is 23.2 Å². The topological polar surface area (TPSA) is 62.1 Å². The van der Waals surface area contributed by atoms with Crippen molar-refractivity contribution in [1.29, 1.82) is 5.26 Å². The van der Waals surface area contributed by atoms with Crippen LogP contribution in [0.25, 0.3) is 0 Å². The molecule has 0 aromatic heterocycles. The minimum absolute atomic E-state index is 0.277. The summed E-state index contributed by atoms with van der Waals surface area (Å²) in [5.41, 5.74) is 3.87. The molecule has 0 saturated carbocycles. The van der Waals surface area contributed by atoms with Gasteiger partial charge in [-0.05, 0) is 49.2 Å². The molecule has 140 valence electrons. The van der Waals surface area contributed by atoms with Gasteiger partial charge in [-0.15, -0.1) is 0 Å². The van der Waals surface area contributed by atoms with Crippen LogP contribution in [-0.4, -0.2) is 5.91 Å². The first-order valence-electron chi connectivity index (χ1n) is 8.77. The molecule has 0 aliphatic heterocycles. The molecule has 0 heterocycles. The Hall–Kier alpha value is -3.29. The average Bonchev–Trinajstić information content (AvgIpc) is 2.70. The number of ether oxygens (including phenoxy) is 1. The fourth-order valence-corrected chi connectivity index (χ4v) is 2.99. The highest BCUT2D eigenvalue weighted by molar-refractivity contribution is 6.32. The highest BCUT2D eigenvalue weighted by Crippen LogP contribution is 2.31. The van der Waals surface area contributed by atoms with Gasteiger partial charge in [-0.25, -0.2) is 0 Å². The van der Waals surface area contributed by atoms with E-state index in [2.05, 4.69) is 5.32 Å². The molecule has 3 aromatic rings. The zero-order chi connectivity index (χ0) is 20.1. The van der Waals surface area contributed by atoms with E-state index >= 15 is 0 Å². The van der Waals surface area contributed by atoms with Crippen LogP contribution in [0.1, 0.15) is 28.4 Å². The standard InChI is InChI=1S/C23H19ClN2O2/c1-15-8-9-16(2)20(12-15)26-23(27)22(18-6-4-3-5-7-18)28-21-11-10-17(14-25)13-19(21)24/h3-13,22H,1-2H3,(H,26,27)/t22-/m0/s1. The molecule has 1 N–H and O–H groups in total. The number of nitriles is 1. The number of carbonyl (C=O) groups excluding carboxylic acids is 1. The zero-order valence-electron chi connectivity index (χ0n) is 15.6. The molecule has 0 spiro atoms. The van der Waals surface area contributed by atoms with Crippen molar-refractivity contribution in [2.45, 2.75) is 20.0 Å². The number of hydrogen-bond acceptors (Lipinski definition) is 3. The minimum Gasteiger partial charge on any atom is -0.474 e. The molecular weight excluding hydrogens is 372 g/mol. The molecule has 0 radical (unpaired) electrons. The van der Waals surface area contributed by atoms with Gasteiger partial charge in [-0.1, -0.05) is 54.1 Å². The van der Waals surface area contributed by atoms with Crippen molar-refractivity contribution < 1.29 is 9.53 Å². The van der Waals surface area contributed by atoms with Crippen LogP contribution in [0.15, 0.2) is 66.7 Å². The Morgan fingerprint density at radius 1 is 1.07 bits per heavy atom. The Bertz CT molecular complexity index is 1040. The molecule has 1 atom stereocenters. The molecule has 0 unspecified atom stereocenters. The van der Waals surface area contributed by atoms with Crippen molar-refractivity contribution in [3.63, 3.8) is 0 Å². The van der Waals surface area contributed by atoms with Gasteiger partial charge in [0.1, 0.15) is 5.75 Å². The number of carbonyl (C=O) groups is 1. The summed E-state index contributed by atoms with van der Waals surface area (Å²) in [4.78, 5) is 13.1. The van der Waals surface area contributed by atoms with Crippen LogP contribution < -0.4 is 10.1 Å². The Morgan fingerprint density at radius 3 is 2.50 bits per heavy atom. The van der Waals surface area contributed by atoms with Gasteiger partial charge in [0.2, 0.25) is 6.10 Å². The van der Waals surface area contributed by atoms with Crippen LogP contribution >= 0.6 is 11.6 Å².